The minimum atomic E-state index is -3.38. The number of nitrogens with zero attached hydrogens (tertiary/aromatic N) is 2. The Bertz CT molecular complexity index is 421. The Labute approximate surface area is 95.9 Å². The summed E-state index contributed by atoms with van der Waals surface area (Å²) in [6, 6.07) is 1.67. The van der Waals surface area contributed by atoms with Crippen LogP contribution in [0.2, 0.25) is 0 Å². The first kappa shape index (κ1) is 11.6. The predicted molar refractivity (Wildman–Crippen MR) is 60.4 cm³/mol. The molecule has 1 N–H and O–H groups in total. The normalized spacial score (nSPS) is 18.4. The Morgan fingerprint density at radius 3 is 2.69 bits per heavy atom. The monoisotopic (exact) mass is 243 g/mol. The molecule has 2 rings (SSSR count). The van der Waals surface area contributed by atoms with Crippen molar-refractivity contribution in [3.05, 3.63) is 12.3 Å². The van der Waals surface area contributed by atoms with E-state index >= 15 is 0 Å². The summed E-state index contributed by atoms with van der Waals surface area (Å²) in [6.07, 6.45) is 5.66. The van der Waals surface area contributed by atoms with Gasteiger partial charge in [-0.3, -0.25) is 5.10 Å². The number of aromatic amines is 1. The van der Waals surface area contributed by atoms with E-state index in [2.05, 4.69) is 10.2 Å². The van der Waals surface area contributed by atoms with Crippen LogP contribution in [0.4, 0.5) is 0 Å². The highest BCUT2D eigenvalue weighted by Crippen LogP contribution is 2.27. The third kappa shape index (κ3) is 1.99. The van der Waals surface area contributed by atoms with Crippen molar-refractivity contribution in [3.8, 4) is 0 Å². The van der Waals surface area contributed by atoms with E-state index in [1.165, 1.54) is 12.3 Å². The van der Waals surface area contributed by atoms with E-state index in [-0.39, 0.29) is 11.1 Å². The van der Waals surface area contributed by atoms with Crippen LogP contribution in [-0.2, 0) is 10.0 Å². The van der Waals surface area contributed by atoms with Gasteiger partial charge in [-0.05, 0) is 18.9 Å². The summed E-state index contributed by atoms with van der Waals surface area (Å²) < 4.78 is 26.1. The molecule has 1 heterocycles. The lowest BCUT2D eigenvalue weighted by Gasteiger charge is -2.25. The summed E-state index contributed by atoms with van der Waals surface area (Å²) in [6.45, 7) is 2.40. The van der Waals surface area contributed by atoms with Gasteiger partial charge in [-0.15, -0.1) is 0 Å². The fourth-order valence-electron chi connectivity index (χ4n) is 2.33. The average Bonchev–Trinajstić information content (AvgIpc) is 2.91. The minimum absolute atomic E-state index is 0.165. The molecule has 0 amide bonds. The van der Waals surface area contributed by atoms with E-state index in [1.807, 2.05) is 6.92 Å². The Balaban J connectivity index is 2.26. The maximum absolute atomic E-state index is 12.3. The van der Waals surface area contributed by atoms with Gasteiger partial charge in [0.15, 0.2) is 5.03 Å². The van der Waals surface area contributed by atoms with Crippen LogP contribution in [0.3, 0.4) is 0 Å². The predicted octanol–water partition coefficient (Wildman–Crippen LogP) is 1.36. The molecule has 90 valence electrons. The van der Waals surface area contributed by atoms with Crippen molar-refractivity contribution in [2.24, 2.45) is 0 Å². The maximum atomic E-state index is 12.3. The zero-order valence-electron chi connectivity index (χ0n) is 9.39. The molecule has 1 saturated carbocycles. The number of H-pyrrole nitrogens is 1. The van der Waals surface area contributed by atoms with E-state index < -0.39 is 10.0 Å². The van der Waals surface area contributed by atoms with Crippen LogP contribution in [0.5, 0.6) is 0 Å². The van der Waals surface area contributed by atoms with Gasteiger partial charge in [0.2, 0.25) is 0 Å². The van der Waals surface area contributed by atoms with Crippen LogP contribution in [0.1, 0.15) is 32.6 Å². The molecule has 0 radical (unpaired) electrons. The Kier molecular flexibility index (Phi) is 3.30. The lowest BCUT2D eigenvalue weighted by molar-refractivity contribution is 0.334. The standard InChI is InChI=1S/C10H17N3O2S/c1-2-13(9-5-3-4-6-9)16(14,15)10-7-8-11-12-10/h7-9H,2-6H2,1H3,(H,11,12). The zero-order valence-corrected chi connectivity index (χ0v) is 10.2. The molecule has 5 nitrogen and oxygen atoms in total. The van der Waals surface area contributed by atoms with Gasteiger partial charge in [0.25, 0.3) is 10.0 Å². The van der Waals surface area contributed by atoms with E-state index in [9.17, 15) is 8.42 Å². The van der Waals surface area contributed by atoms with Crippen LogP contribution >= 0.6 is 0 Å². The molecule has 1 aliphatic carbocycles. The summed E-state index contributed by atoms with van der Waals surface area (Å²) in [7, 11) is -3.38. The highest BCUT2D eigenvalue weighted by atomic mass is 32.2. The molecule has 0 unspecified atom stereocenters. The van der Waals surface area contributed by atoms with Gasteiger partial charge in [0.1, 0.15) is 0 Å². The molecule has 1 aromatic rings. The Morgan fingerprint density at radius 2 is 2.19 bits per heavy atom. The van der Waals surface area contributed by atoms with Gasteiger partial charge >= 0.3 is 0 Å². The molecule has 0 atom stereocenters. The second kappa shape index (κ2) is 4.55. The number of hydrogen-bond acceptors (Lipinski definition) is 3. The molecule has 0 aromatic carbocycles. The fraction of sp³-hybridized carbons (Fsp3) is 0.700. The first-order valence-electron chi connectivity index (χ1n) is 5.67. The van der Waals surface area contributed by atoms with Crippen LogP contribution in [0.25, 0.3) is 0 Å². The highest BCUT2D eigenvalue weighted by molar-refractivity contribution is 7.89. The number of sulfonamides is 1. The van der Waals surface area contributed by atoms with E-state index in [0.717, 1.165) is 25.7 Å². The van der Waals surface area contributed by atoms with Gasteiger partial charge < -0.3 is 0 Å². The zero-order chi connectivity index (χ0) is 11.6. The van der Waals surface area contributed by atoms with Gasteiger partial charge in [-0.1, -0.05) is 19.8 Å². The Morgan fingerprint density at radius 1 is 1.50 bits per heavy atom. The van der Waals surface area contributed by atoms with Crippen molar-refractivity contribution < 1.29 is 8.42 Å². The van der Waals surface area contributed by atoms with E-state index in [4.69, 9.17) is 0 Å². The lowest BCUT2D eigenvalue weighted by Crippen LogP contribution is -2.38. The van der Waals surface area contributed by atoms with Crippen molar-refractivity contribution in [2.45, 2.75) is 43.7 Å². The summed E-state index contributed by atoms with van der Waals surface area (Å²) in [5, 5.41) is 6.43. The summed E-state index contributed by atoms with van der Waals surface area (Å²) >= 11 is 0. The molecule has 0 saturated heterocycles. The molecule has 0 bridgehead atoms. The number of rotatable bonds is 4. The smallest absolute Gasteiger partial charge is 0.260 e. The maximum Gasteiger partial charge on any atom is 0.260 e. The molecule has 0 aliphatic heterocycles. The molecular weight excluding hydrogens is 226 g/mol. The number of nitrogens with one attached hydrogen (secondary N) is 1. The molecule has 1 aliphatic rings. The Hall–Kier alpha value is -0.880. The summed E-state index contributed by atoms with van der Waals surface area (Å²) in [4.78, 5) is 0. The summed E-state index contributed by atoms with van der Waals surface area (Å²) in [5.74, 6) is 0. The van der Waals surface area contributed by atoms with Gasteiger partial charge in [-0.25, -0.2) is 8.42 Å². The molecule has 0 spiro atoms. The fourth-order valence-corrected chi connectivity index (χ4v) is 3.93. The van der Waals surface area contributed by atoms with Crippen molar-refractivity contribution in [3.63, 3.8) is 0 Å². The number of aromatic nitrogens is 2. The first-order valence-corrected chi connectivity index (χ1v) is 7.11. The minimum Gasteiger partial charge on any atom is -0.266 e. The largest absolute Gasteiger partial charge is 0.266 e. The van der Waals surface area contributed by atoms with Gasteiger partial charge in [0.05, 0.1) is 6.20 Å². The average molecular weight is 243 g/mol. The van der Waals surface area contributed by atoms with Crippen LogP contribution < -0.4 is 0 Å². The second-order valence-electron chi connectivity index (χ2n) is 4.07. The van der Waals surface area contributed by atoms with Gasteiger partial charge in [0, 0.05) is 12.6 Å². The van der Waals surface area contributed by atoms with Crippen LogP contribution in [0, 0.1) is 0 Å². The molecule has 16 heavy (non-hydrogen) atoms. The number of hydrogen-bond donors (Lipinski definition) is 1. The third-order valence-electron chi connectivity index (χ3n) is 3.11. The first-order chi connectivity index (χ1) is 7.66. The third-order valence-corrected chi connectivity index (χ3v) is 5.06. The SMILES string of the molecule is CCN(C1CCCC1)S(=O)(=O)c1ccn[nH]1. The second-order valence-corrected chi connectivity index (χ2v) is 5.93. The van der Waals surface area contributed by atoms with Crippen molar-refractivity contribution >= 4 is 10.0 Å². The quantitative estimate of drug-likeness (QED) is 0.868. The van der Waals surface area contributed by atoms with Crippen LogP contribution in [-0.4, -0.2) is 35.5 Å². The molecule has 1 aromatic heterocycles. The molecular formula is C10H17N3O2S. The van der Waals surface area contributed by atoms with Crippen molar-refractivity contribution in [2.75, 3.05) is 6.54 Å². The van der Waals surface area contributed by atoms with Crippen LogP contribution in [0.15, 0.2) is 17.3 Å². The van der Waals surface area contributed by atoms with Crippen molar-refractivity contribution in [1.29, 1.82) is 0 Å². The highest BCUT2D eigenvalue weighted by Gasteiger charge is 2.32. The molecule has 1 fully saturated rings. The van der Waals surface area contributed by atoms with Crippen molar-refractivity contribution in [1.82, 2.24) is 14.5 Å². The van der Waals surface area contributed by atoms with E-state index in [0.29, 0.717) is 6.54 Å². The van der Waals surface area contributed by atoms with E-state index in [1.54, 1.807) is 4.31 Å². The lowest BCUT2D eigenvalue weighted by atomic mass is 10.2. The summed E-state index contributed by atoms with van der Waals surface area (Å²) in [5.41, 5.74) is 0. The topological polar surface area (TPSA) is 66.1 Å². The van der Waals surface area contributed by atoms with Gasteiger partial charge in [-0.2, -0.15) is 9.40 Å². The molecule has 6 heteroatoms.